The predicted octanol–water partition coefficient (Wildman–Crippen LogP) is 1.52. The van der Waals surface area contributed by atoms with Crippen molar-refractivity contribution in [2.45, 2.75) is 18.9 Å². The highest BCUT2D eigenvalue weighted by Crippen LogP contribution is 2.14. The molecule has 62 valence electrons. The van der Waals surface area contributed by atoms with Crippen molar-refractivity contribution < 1.29 is 5.11 Å². The van der Waals surface area contributed by atoms with Crippen molar-refractivity contribution in [1.29, 1.82) is 5.26 Å². The largest absolute Gasteiger partial charge is 0.387 e. The van der Waals surface area contributed by atoms with Gasteiger partial charge in [-0.05, 0) is 11.6 Å². The van der Waals surface area contributed by atoms with Gasteiger partial charge < -0.3 is 5.11 Å². The minimum Gasteiger partial charge on any atom is -0.387 e. The van der Waals surface area contributed by atoms with Gasteiger partial charge in [-0.15, -0.1) is 0 Å². The molecule has 0 saturated heterocycles. The van der Waals surface area contributed by atoms with Gasteiger partial charge in [-0.2, -0.15) is 5.26 Å². The molecule has 0 bridgehead atoms. The number of nitrogens with zero attached hydrogens (tertiary/aromatic N) is 1. The molecule has 1 aliphatic rings. The average molecular weight is 179 g/mol. The number of allylic oxidation sites excluding steroid dienone is 2. The van der Waals surface area contributed by atoms with Gasteiger partial charge in [-0.25, -0.2) is 0 Å². The van der Waals surface area contributed by atoms with Crippen LogP contribution in [0.5, 0.6) is 0 Å². The van der Waals surface area contributed by atoms with E-state index in [0.717, 1.165) is 16.9 Å². The number of rotatable bonds is 2. The first kappa shape index (κ1) is 9.11. The summed E-state index contributed by atoms with van der Waals surface area (Å²) in [5.41, 5.74) is 0.743. The van der Waals surface area contributed by atoms with Gasteiger partial charge in [0, 0.05) is 11.3 Å². The van der Waals surface area contributed by atoms with Gasteiger partial charge in [0.25, 0.3) is 0 Å². The third-order valence-electron chi connectivity index (χ3n) is 1.63. The van der Waals surface area contributed by atoms with Crippen LogP contribution in [0, 0.1) is 11.3 Å². The highest BCUT2D eigenvalue weighted by molar-refractivity contribution is 7.80. The van der Waals surface area contributed by atoms with Gasteiger partial charge in [0.15, 0.2) is 0 Å². The molecule has 1 rings (SSSR count). The fourth-order valence-corrected chi connectivity index (χ4v) is 1.25. The lowest BCUT2D eigenvalue weighted by molar-refractivity contribution is 0.220. The van der Waals surface area contributed by atoms with E-state index in [1.54, 1.807) is 6.08 Å². The van der Waals surface area contributed by atoms with Gasteiger partial charge in [0.2, 0.25) is 0 Å². The maximum Gasteiger partial charge on any atom is 0.0920 e. The summed E-state index contributed by atoms with van der Waals surface area (Å²) in [6.07, 6.45) is 5.68. The van der Waals surface area contributed by atoms with Gasteiger partial charge >= 0.3 is 0 Å². The van der Waals surface area contributed by atoms with Gasteiger partial charge in [-0.3, -0.25) is 0 Å². The van der Waals surface area contributed by atoms with Crippen LogP contribution in [-0.4, -0.2) is 16.1 Å². The van der Waals surface area contributed by atoms with Crippen molar-refractivity contribution in [3.63, 3.8) is 0 Å². The summed E-state index contributed by atoms with van der Waals surface area (Å²) in [5.74, 6) is 0. The summed E-state index contributed by atoms with van der Waals surface area (Å²) in [5, 5.41) is 17.7. The van der Waals surface area contributed by atoms with Crippen LogP contribution in [0.3, 0.4) is 0 Å². The lowest BCUT2D eigenvalue weighted by Crippen LogP contribution is -2.11. The van der Waals surface area contributed by atoms with Crippen molar-refractivity contribution in [2.24, 2.45) is 0 Å². The lowest BCUT2D eigenvalue weighted by atomic mass is 10.0. The molecule has 0 saturated carbocycles. The van der Waals surface area contributed by atoms with E-state index in [4.69, 9.17) is 17.5 Å². The first-order valence-electron chi connectivity index (χ1n) is 3.70. The first-order chi connectivity index (χ1) is 5.74. The Bertz CT molecular complexity index is 285. The number of aliphatic hydroxyl groups is 1. The van der Waals surface area contributed by atoms with E-state index in [2.05, 4.69) is 0 Å². The summed E-state index contributed by atoms with van der Waals surface area (Å²) >= 11 is 4.96. The zero-order chi connectivity index (χ0) is 8.97. The number of thiocarbonyl (C=S) groups is 1. The van der Waals surface area contributed by atoms with E-state index >= 15 is 0 Å². The second-order valence-electron chi connectivity index (χ2n) is 2.60. The average Bonchev–Trinajstić information content (AvgIpc) is 2.05. The fourth-order valence-electron chi connectivity index (χ4n) is 1.02. The fraction of sp³-hybridized carbons (Fsp3) is 0.333. The Hall–Kier alpha value is -0.980. The molecule has 2 nitrogen and oxygen atoms in total. The lowest BCUT2D eigenvalue weighted by Gasteiger charge is -2.11. The highest BCUT2D eigenvalue weighted by Gasteiger charge is 2.10. The maximum atomic E-state index is 9.39. The zero-order valence-corrected chi connectivity index (χ0v) is 7.34. The molecule has 0 aromatic rings. The standard InChI is InChI=1S/C9H9NOS/c10-5-4-9(11)7-2-1-3-8(12)6-7/h1-2,6,9,11H,3-4H2/t9-/m0/s1. The number of aliphatic hydroxyl groups excluding tert-OH is 1. The molecular weight excluding hydrogens is 170 g/mol. The molecule has 1 N–H and O–H groups in total. The monoisotopic (exact) mass is 179 g/mol. The Kier molecular flexibility index (Phi) is 3.15. The van der Waals surface area contributed by atoms with Crippen molar-refractivity contribution in [2.75, 3.05) is 0 Å². The van der Waals surface area contributed by atoms with Crippen LogP contribution in [-0.2, 0) is 0 Å². The molecule has 0 fully saturated rings. The summed E-state index contributed by atoms with van der Waals surface area (Å²) < 4.78 is 0. The zero-order valence-electron chi connectivity index (χ0n) is 6.53. The third-order valence-corrected chi connectivity index (χ3v) is 1.91. The number of hydrogen-bond donors (Lipinski definition) is 1. The van der Waals surface area contributed by atoms with Crippen molar-refractivity contribution >= 4 is 17.1 Å². The summed E-state index contributed by atoms with van der Waals surface area (Å²) in [6.45, 7) is 0. The van der Waals surface area contributed by atoms with Crippen molar-refractivity contribution in [3.8, 4) is 6.07 Å². The van der Waals surface area contributed by atoms with Crippen LogP contribution in [0.15, 0.2) is 23.8 Å². The molecule has 0 aromatic heterocycles. The van der Waals surface area contributed by atoms with Crippen LogP contribution in [0.2, 0.25) is 0 Å². The van der Waals surface area contributed by atoms with E-state index in [-0.39, 0.29) is 6.42 Å². The molecule has 3 heteroatoms. The van der Waals surface area contributed by atoms with Gasteiger partial charge in [0.1, 0.15) is 0 Å². The minimum atomic E-state index is -0.690. The third kappa shape index (κ3) is 2.26. The molecule has 0 amide bonds. The van der Waals surface area contributed by atoms with Gasteiger partial charge in [-0.1, -0.05) is 24.4 Å². The maximum absolute atomic E-state index is 9.39. The van der Waals surface area contributed by atoms with Crippen LogP contribution in [0.1, 0.15) is 12.8 Å². The smallest absolute Gasteiger partial charge is 0.0920 e. The quantitative estimate of drug-likeness (QED) is 0.653. The van der Waals surface area contributed by atoms with E-state index in [1.807, 2.05) is 18.2 Å². The summed E-state index contributed by atoms with van der Waals surface area (Å²) in [7, 11) is 0. The van der Waals surface area contributed by atoms with E-state index < -0.39 is 6.10 Å². The van der Waals surface area contributed by atoms with Gasteiger partial charge in [0.05, 0.1) is 18.6 Å². The SMILES string of the molecule is N#CC[C@H](O)C1=CC(=S)CC=C1. The Morgan fingerprint density at radius 3 is 3.08 bits per heavy atom. The number of nitriles is 1. The molecule has 0 aromatic carbocycles. The molecular formula is C9H9NOS. The Balaban J connectivity index is 2.69. The van der Waals surface area contributed by atoms with Crippen LogP contribution >= 0.6 is 12.2 Å². The second kappa shape index (κ2) is 4.15. The molecule has 0 spiro atoms. The Labute approximate surface area is 76.8 Å². The minimum absolute atomic E-state index is 0.124. The Morgan fingerprint density at radius 2 is 2.50 bits per heavy atom. The normalized spacial score (nSPS) is 18.3. The van der Waals surface area contributed by atoms with Crippen molar-refractivity contribution in [1.82, 2.24) is 0 Å². The molecule has 12 heavy (non-hydrogen) atoms. The summed E-state index contributed by atoms with van der Waals surface area (Å²) in [6, 6.07) is 1.91. The predicted molar refractivity (Wildman–Crippen MR) is 50.7 cm³/mol. The molecule has 1 atom stereocenters. The Morgan fingerprint density at radius 1 is 1.75 bits per heavy atom. The highest BCUT2D eigenvalue weighted by atomic mass is 32.1. The van der Waals surface area contributed by atoms with Crippen molar-refractivity contribution in [3.05, 3.63) is 23.8 Å². The first-order valence-corrected chi connectivity index (χ1v) is 4.11. The van der Waals surface area contributed by atoms with Crippen LogP contribution in [0.25, 0.3) is 0 Å². The second-order valence-corrected chi connectivity index (χ2v) is 3.12. The number of hydrogen-bond acceptors (Lipinski definition) is 3. The molecule has 0 aliphatic heterocycles. The molecule has 0 radical (unpaired) electrons. The van der Waals surface area contributed by atoms with E-state index in [1.165, 1.54) is 0 Å². The molecule has 1 aliphatic carbocycles. The topological polar surface area (TPSA) is 44.0 Å². The summed E-state index contributed by atoms with van der Waals surface area (Å²) in [4.78, 5) is 0.810. The molecule has 0 unspecified atom stereocenters. The molecule has 0 heterocycles. The van der Waals surface area contributed by atoms with Crippen LogP contribution in [0.4, 0.5) is 0 Å². The van der Waals surface area contributed by atoms with E-state index in [0.29, 0.717) is 0 Å². The van der Waals surface area contributed by atoms with Crippen LogP contribution < -0.4 is 0 Å². The van der Waals surface area contributed by atoms with E-state index in [9.17, 15) is 5.11 Å².